The molecule has 0 N–H and O–H groups in total. The van der Waals surface area contributed by atoms with Crippen LogP contribution in [0.15, 0.2) is 206 Å². The van der Waals surface area contributed by atoms with E-state index in [9.17, 15) is 0 Å². The zero-order valence-electron chi connectivity index (χ0n) is 39.3. The summed E-state index contributed by atoms with van der Waals surface area (Å²) in [6, 6.07) is 71.8. The number of nitrogens with zero attached hydrogens (tertiary/aromatic N) is 6. The number of anilines is 6. The molecule has 6 nitrogen and oxygen atoms in total. The molecule has 0 amide bonds. The van der Waals surface area contributed by atoms with E-state index in [1.807, 2.05) is 60.7 Å². The number of hydrogen-bond donors (Lipinski definition) is 0. The molecule has 0 unspecified atom stereocenters. The third-order valence-electron chi connectivity index (χ3n) is 12.4. The van der Waals surface area contributed by atoms with Crippen LogP contribution in [0.5, 0.6) is 0 Å². The van der Waals surface area contributed by atoms with E-state index in [4.69, 9.17) is 19.9 Å². The van der Waals surface area contributed by atoms with Gasteiger partial charge >= 0.3 is 0 Å². The minimum absolute atomic E-state index is 0.602. The summed E-state index contributed by atoms with van der Waals surface area (Å²) < 4.78 is 0. The molecule has 10 aromatic rings. The fourth-order valence-electron chi connectivity index (χ4n) is 9.55. The summed E-state index contributed by atoms with van der Waals surface area (Å²) in [5.74, 6) is 2.54. The third-order valence-corrected chi connectivity index (χ3v) is 12.4. The second-order valence-electron chi connectivity index (χ2n) is 17.6. The summed E-state index contributed by atoms with van der Waals surface area (Å²) in [6.45, 7) is 13.2. The van der Waals surface area contributed by atoms with Crippen LogP contribution in [-0.2, 0) is 0 Å². The average molecular weight is 881 g/mol. The topological polar surface area (TPSA) is 58.0 Å². The molecule has 6 heteroatoms. The molecule has 0 aliphatic carbocycles. The van der Waals surface area contributed by atoms with E-state index >= 15 is 0 Å². The van der Waals surface area contributed by atoms with Gasteiger partial charge in [0.15, 0.2) is 11.6 Å². The van der Waals surface area contributed by atoms with Crippen LogP contribution in [0.2, 0.25) is 0 Å². The highest BCUT2D eigenvalue weighted by molar-refractivity contribution is 5.88. The van der Waals surface area contributed by atoms with Crippen LogP contribution in [0.25, 0.3) is 56.4 Å². The van der Waals surface area contributed by atoms with Crippen molar-refractivity contribution in [3.8, 4) is 56.4 Å². The van der Waals surface area contributed by atoms with Crippen LogP contribution in [0, 0.1) is 41.5 Å². The zero-order valence-corrected chi connectivity index (χ0v) is 39.3. The second-order valence-corrected chi connectivity index (χ2v) is 17.6. The van der Waals surface area contributed by atoms with Gasteiger partial charge in [-0.25, -0.2) is 19.9 Å². The van der Waals surface area contributed by atoms with Gasteiger partial charge in [0, 0.05) is 45.8 Å². The van der Waals surface area contributed by atoms with Gasteiger partial charge < -0.3 is 4.90 Å². The van der Waals surface area contributed by atoms with Crippen LogP contribution >= 0.6 is 0 Å². The number of aromatic nitrogens is 4. The van der Waals surface area contributed by atoms with Crippen LogP contribution < -0.4 is 9.80 Å². The summed E-state index contributed by atoms with van der Waals surface area (Å²) in [5, 5.41) is 0. The number of aryl methyl sites for hydroxylation is 6. The molecule has 330 valence electrons. The van der Waals surface area contributed by atoms with Gasteiger partial charge in [-0.2, -0.15) is 0 Å². The lowest BCUT2D eigenvalue weighted by Gasteiger charge is -2.32. The van der Waals surface area contributed by atoms with Gasteiger partial charge in [0.2, 0.25) is 0 Å². The Bertz CT molecular complexity index is 3230. The molecule has 8 aromatic carbocycles. The Kier molecular flexibility index (Phi) is 12.0. The Morgan fingerprint density at radius 3 is 1.10 bits per heavy atom. The first-order valence-corrected chi connectivity index (χ1v) is 23.1. The van der Waals surface area contributed by atoms with E-state index < -0.39 is 0 Å². The first-order valence-electron chi connectivity index (χ1n) is 23.1. The summed E-state index contributed by atoms with van der Waals surface area (Å²) in [6.07, 6.45) is 0. The van der Waals surface area contributed by atoms with Crippen molar-refractivity contribution in [3.05, 3.63) is 240 Å². The zero-order chi connectivity index (χ0) is 46.7. The highest BCUT2D eigenvalue weighted by atomic mass is 15.3. The molecular weight excluding hydrogens is 829 g/mol. The highest BCUT2D eigenvalue weighted by Gasteiger charge is 2.25. The molecule has 0 spiro atoms. The molecular formula is C62H52N6. The van der Waals surface area contributed by atoms with Gasteiger partial charge in [-0.15, -0.1) is 0 Å². The fourth-order valence-corrected chi connectivity index (χ4v) is 9.55. The third kappa shape index (κ3) is 8.80. The predicted molar refractivity (Wildman–Crippen MR) is 283 cm³/mol. The fraction of sp³-hybridized carbons (Fsp3) is 0.0968. The van der Waals surface area contributed by atoms with Crippen molar-refractivity contribution >= 4 is 34.4 Å². The molecule has 68 heavy (non-hydrogen) atoms. The lowest BCUT2D eigenvalue weighted by molar-refractivity contribution is 1.07. The molecule has 2 aromatic heterocycles. The second kappa shape index (κ2) is 18.8. The van der Waals surface area contributed by atoms with Crippen LogP contribution in [0.3, 0.4) is 0 Å². The summed E-state index contributed by atoms with van der Waals surface area (Å²) in [5.41, 5.74) is 19.2. The van der Waals surface area contributed by atoms with Crippen molar-refractivity contribution < 1.29 is 0 Å². The van der Waals surface area contributed by atoms with E-state index in [0.29, 0.717) is 23.3 Å². The monoisotopic (exact) mass is 880 g/mol. The Labute approximate surface area is 400 Å². The number of benzene rings is 8. The van der Waals surface area contributed by atoms with Crippen molar-refractivity contribution in [1.82, 2.24) is 19.9 Å². The lowest BCUT2D eigenvalue weighted by Crippen LogP contribution is -2.17. The van der Waals surface area contributed by atoms with Crippen LogP contribution in [-0.4, -0.2) is 19.9 Å². The van der Waals surface area contributed by atoms with Gasteiger partial charge in [-0.1, -0.05) is 181 Å². The van der Waals surface area contributed by atoms with Crippen molar-refractivity contribution in [2.24, 2.45) is 0 Å². The van der Waals surface area contributed by atoms with Crippen LogP contribution in [0.1, 0.15) is 33.4 Å². The largest absolute Gasteiger partial charge is 0.309 e. The number of rotatable bonds is 11. The molecule has 0 atom stereocenters. The van der Waals surface area contributed by atoms with Gasteiger partial charge in [0.25, 0.3) is 0 Å². The summed E-state index contributed by atoms with van der Waals surface area (Å²) in [4.78, 5) is 26.0. The Balaban J connectivity index is 1.24. The van der Waals surface area contributed by atoms with E-state index in [0.717, 1.165) is 56.1 Å². The van der Waals surface area contributed by atoms with Gasteiger partial charge in [-0.05, 0) is 99.2 Å². The molecule has 0 radical (unpaired) electrons. The number of hydrogen-bond acceptors (Lipinski definition) is 6. The summed E-state index contributed by atoms with van der Waals surface area (Å²) in [7, 11) is 0. The minimum Gasteiger partial charge on any atom is -0.309 e. The predicted octanol–water partition coefficient (Wildman–Crippen LogP) is 16.4. The highest BCUT2D eigenvalue weighted by Crippen LogP contribution is 2.45. The van der Waals surface area contributed by atoms with E-state index in [1.54, 1.807) is 0 Å². The van der Waals surface area contributed by atoms with Crippen LogP contribution in [0.4, 0.5) is 34.4 Å². The van der Waals surface area contributed by atoms with Crippen molar-refractivity contribution in [3.63, 3.8) is 0 Å². The first kappa shape index (κ1) is 43.4. The molecule has 0 aliphatic rings. The SMILES string of the molecule is Cc1cc(C)c(N(c2ccc(N(c3cc(-c4ccccc4)nc(-c4ccccc4)n3)c3cc(-c4ccccc4-c4ccccc4)nc(-c4ccccc4)n3)cc2)c2c(C)cc(C)cc2C)c(C)c1. The smallest absolute Gasteiger partial charge is 0.162 e. The van der Waals surface area contributed by atoms with E-state index in [1.165, 1.54) is 44.8 Å². The van der Waals surface area contributed by atoms with Crippen molar-refractivity contribution in [2.75, 3.05) is 9.80 Å². The Morgan fingerprint density at radius 2 is 0.647 bits per heavy atom. The Morgan fingerprint density at radius 1 is 0.294 bits per heavy atom. The molecule has 2 heterocycles. The molecule has 0 saturated carbocycles. The molecule has 0 fully saturated rings. The normalized spacial score (nSPS) is 11.1. The standard InChI is InChI=1S/C62H52N6/c1-41-35-43(3)59(44(4)36-41)68(60-45(5)37-42(2)38-46(60)6)52-33-31-51(32-34-52)67(57-39-55(48-23-13-8-14-24-48)63-61(65-57)49-25-15-9-16-26-49)58-40-56(64-62(66-58)50-27-17-10-18-28-50)54-30-20-19-29-53(54)47-21-11-7-12-22-47/h7-40H,1-6H3. The molecule has 10 rings (SSSR count). The van der Waals surface area contributed by atoms with Crippen molar-refractivity contribution in [1.29, 1.82) is 0 Å². The van der Waals surface area contributed by atoms with Gasteiger partial charge in [0.05, 0.1) is 22.8 Å². The first-order chi connectivity index (χ1) is 33.2. The van der Waals surface area contributed by atoms with Gasteiger partial charge in [-0.3, -0.25) is 4.90 Å². The van der Waals surface area contributed by atoms with Gasteiger partial charge in [0.1, 0.15) is 11.6 Å². The summed E-state index contributed by atoms with van der Waals surface area (Å²) >= 11 is 0. The minimum atomic E-state index is 0.602. The lowest BCUT2D eigenvalue weighted by atomic mass is 9.97. The molecule has 0 bridgehead atoms. The quantitative estimate of drug-likeness (QED) is 0.129. The average Bonchev–Trinajstić information content (AvgIpc) is 3.36. The Hall–Kier alpha value is -8.48. The maximum Gasteiger partial charge on any atom is 0.162 e. The maximum atomic E-state index is 5.45. The van der Waals surface area contributed by atoms with E-state index in [2.05, 4.69) is 197 Å². The molecule has 0 aliphatic heterocycles. The maximum absolute atomic E-state index is 5.45. The van der Waals surface area contributed by atoms with Crippen molar-refractivity contribution in [2.45, 2.75) is 41.5 Å². The molecule has 0 saturated heterocycles. The van der Waals surface area contributed by atoms with E-state index in [-0.39, 0.29) is 0 Å².